The van der Waals surface area contributed by atoms with Crippen LogP contribution in [0.5, 0.6) is 0 Å². The molecule has 1 aliphatic heterocycles. The van der Waals surface area contributed by atoms with Gasteiger partial charge >= 0.3 is 0 Å². The van der Waals surface area contributed by atoms with Gasteiger partial charge in [0.15, 0.2) is 0 Å². The molecule has 1 fully saturated rings. The molecule has 0 bridgehead atoms. The molecule has 1 aromatic carbocycles. The van der Waals surface area contributed by atoms with Gasteiger partial charge in [-0.15, -0.1) is 0 Å². The van der Waals surface area contributed by atoms with E-state index in [1.807, 2.05) is 30.0 Å². The Bertz CT molecular complexity index is 558. The molecule has 1 saturated heterocycles. The Labute approximate surface area is 120 Å². The number of rotatable bonds is 1. The Hall–Kier alpha value is -1.79. The zero-order valence-corrected chi connectivity index (χ0v) is 12.3. The van der Waals surface area contributed by atoms with Gasteiger partial charge in [0.25, 0.3) is 5.91 Å². The smallest absolute Gasteiger partial charge is 0.255 e. The molecule has 2 rings (SSSR count). The fourth-order valence-corrected chi connectivity index (χ4v) is 2.55. The lowest BCUT2D eigenvalue weighted by Gasteiger charge is -2.17. The topological polar surface area (TPSA) is 40.5 Å². The summed E-state index contributed by atoms with van der Waals surface area (Å²) in [4.78, 5) is 14.5. The highest BCUT2D eigenvalue weighted by Gasteiger charge is 2.30. The van der Waals surface area contributed by atoms with Crippen molar-refractivity contribution in [3.05, 3.63) is 34.9 Å². The van der Waals surface area contributed by atoms with Crippen molar-refractivity contribution in [1.29, 1.82) is 0 Å². The van der Waals surface area contributed by atoms with Gasteiger partial charge in [-0.1, -0.05) is 31.8 Å². The lowest BCUT2D eigenvalue weighted by molar-refractivity contribution is 0.0784. The Balaban J connectivity index is 2.30. The molecule has 3 heteroatoms. The molecule has 1 N–H and O–H groups in total. The van der Waals surface area contributed by atoms with Gasteiger partial charge in [0.2, 0.25) is 0 Å². The fraction of sp³-hybridized carbons (Fsp3) is 0.471. The van der Waals surface area contributed by atoms with E-state index in [0.29, 0.717) is 23.0 Å². The lowest BCUT2D eigenvalue weighted by atomic mass is 10.0. The van der Waals surface area contributed by atoms with E-state index in [1.165, 1.54) is 0 Å². The number of aliphatic hydroxyl groups excluding tert-OH is 1. The van der Waals surface area contributed by atoms with Crippen LogP contribution in [-0.4, -0.2) is 35.6 Å². The van der Waals surface area contributed by atoms with Crippen LogP contribution < -0.4 is 0 Å². The summed E-state index contributed by atoms with van der Waals surface area (Å²) in [7, 11) is 0. The number of benzene rings is 1. The molecule has 3 nitrogen and oxygen atoms in total. The van der Waals surface area contributed by atoms with Crippen LogP contribution in [0.4, 0.5) is 0 Å². The number of carbonyl (C=O) groups is 1. The van der Waals surface area contributed by atoms with Gasteiger partial charge in [-0.3, -0.25) is 4.79 Å². The van der Waals surface area contributed by atoms with Gasteiger partial charge < -0.3 is 10.0 Å². The highest BCUT2D eigenvalue weighted by molar-refractivity contribution is 5.97. The number of hydrogen-bond donors (Lipinski definition) is 1. The van der Waals surface area contributed by atoms with Crippen molar-refractivity contribution in [1.82, 2.24) is 4.90 Å². The molecule has 0 aromatic heterocycles. The number of aryl methyl sites for hydroxylation is 1. The molecule has 1 aromatic rings. The first kappa shape index (κ1) is 14.6. The van der Waals surface area contributed by atoms with Crippen LogP contribution >= 0.6 is 0 Å². The van der Waals surface area contributed by atoms with E-state index in [-0.39, 0.29) is 12.5 Å². The summed E-state index contributed by atoms with van der Waals surface area (Å²) < 4.78 is 0. The van der Waals surface area contributed by atoms with E-state index in [4.69, 9.17) is 5.11 Å². The number of carbonyl (C=O) groups excluding carboxylic acids is 1. The molecule has 0 saturated carbocycles. The van der Waals surface area contributed by atoms with E-state index in [0.717, 1.165) is 18.7 Å². The molecule has 0 aliphatic carbocycles. The van der Waals surface area contributed by atoms with Crippen LogP contribution in [0.15, 0.2) is 18.2 Å². The summed E-state index contributed by atoms with van der Waals surface area (Å²) in [6.45, 7) is 7.75. The third-order valence-electron chi connectivity index (χ3n) is 3.98. The molecular weight excluding hydrogens is 250 g/mol. The average molecular weight is 271 g/mol. The van der Waals surface area contributed by atoms with Crippen LogP contribution in [0.2, 0.25) is 0 Å². The van der Waals surface area contributed by atoms with Crippen molar-refractivity contribution >= 4 is 5.91 Å². The first-order valence-electron chi connectivity index (χ1n) is 7.02. The maximum Gasteiger partial charge on any atom is 0.255 e. The maximum absolute atomic E-state index is 12.6. The predicted octanol–water partition coefficient (Wildman–Crippen LogP) is 2.07. The zero-order valence-electron chi connectivity index (χ0n) is 12.3. The summed E-state index contributed by atoms with van der Waals surface area (Å²) in [6, 6.07) is 5.67. The summed E-state index contributed by atoms with van der Waals surface area (Å²) in [6.07, 6.45) is 0. The molecule has 1 heterocycles. The average Bonchev–Trinajstić information content (AvgIpc) is 2.76. The fourth-order valence-electron chi connectivity index (χ4n) is 2.55. The van der Waals surface area contributed by atoms with Gasteiger partial charge in [0.1, 0.15) is 6.61 Å². The van der Waals surface area contributed by atoms with Crippen molar-refractivity contribution in [2.45, 2.75) is 20.8 Å². The van der Waals surface area contributed by atoms with E-state index >= 15 is 0 Å². The summed E-state index contributed by atoms with van der Waals surface area (Å²) in [5, 5.41) is 8.84. The van der Waals surface area contributed by atoms with Crippen molar-refractivity contribution in [3.8, 4) is 11.8 Å². The Morgan fingerprint density at radius 2 is 2.00 bits per heavy atom. The second-order valence-electron chi connectivity index (χ2n) is 5.67. The first-order valence-corrected chi connectivity index (χ1v) is 7.02. The van der Waals surface area contributed by atoms with E-state index < -0.39 is 0 Å². The third-order valence-corrected chi connectivity index (χ3v) is 3.98. The highest BCUT2D eigenvalue weighted by atomic mass is 16.2. The van der Waals surface area contributed by atoms with Crippen LogP contribution in [0.25, 0.3) is 0 Å². The molecular formula is C17H21NO2. The Kier molecular flexibility index (Phi) is 4.46. The minimum atomic E-state index is -0.195. The normalized spacial score (nSPS) is 21.5. The largest absolute Gasteiger partial charge is 0.384 e. The number of likely N-dealkylation sites (tertiary alicyclic amines) is 1. The summed E-state index contributed by atoms with van der Waals surface area (Å²) in [5.41, 5.74) is 2.40. The minimum absolute atomic E-state index is 0.0449. The predicted molar refractivity (Wildman–Crippen MR) is 79.4 cm³/mol. The molecule has 1 amide bonds. The second kappa shape index (κ2) is 6.11. The van der Waals surface area contributed by atoms with Crippen LogP contribution in [-0.2, 0) is 0 Å². The molecule has 0 spiro atoms. The van der Waals surface area contributed by atoms with E-state index in [9.17, 15) is 4.79 Å². The third kappa shape index (κ3) is 3.02. The van der Waals surface area contributed by atoms with Gasteiger partial charge in [-0.05, 0) is 36.5 Å². The highest BCUT2D eigenvalue weighted by Crippen LogP contribution is 2.24. The van der Waals surface area contributed by atoms with E-state index in [1.54, 1.807) is 0 Å². The molecule has 20 heavy (non-hydrogen) atoms. The zero-order chi connectivity index (χ0) is 14.7. The van der Waals surface area contributed by atoms with Crippen molar-refractivity contribution < 1.29 is 9.90 Å². The van der Waals surface area contributed by atoms with Crippen molar-refractivity contribution in [2.24, 2.45) is 11.8 Å². The van der Waals surface area contributed by atoms with Gasteiger partial charge in [-0.25, -0.2) is 0 Å². The molecule has 106 valence electrons. The molecule has 0 radical (unpaired) electrons. The Morgan fingerprint density at radius 3 is 2.60 bits per heavy atom. The van der Waals surface area contributed by atoms with Crippen molar-refractivity contribution in [3.63, 3.8) is 0 Å². The number of aliphatic hydroxyl groups is 1. The van der Waals surface area contributed by atoms with Crippen LogP contribution in [0, 0.1) is 30.6 Å². The van der Waals surface area contributed by atoms with Gasteiger partial charge in [0.05, 0.1) is 5.56 Å². The molecule has 2 atom stereocenters. The number of nitrogens with zero attached hydrogens (tertiary/aromatic N) is 1. The quantitative estimate of drug-likeness (QED) is 0.794. The number of amides is 1. The second-order valence-corrected chi connectivity index (χ2v) is 5.67. The first-order chi connectivity index (χ1) is 9.52. The lowest BCUT2D eigenvalue weighted by Crippen LogP contribution is -2.29. The Morgan fingerprint density at radius 1 is 1.35 bits per heavy atom. The molecule has 2 unspecified atom stereocenters. The summed E-state index contributed by atoms with van der Waals surface area (Å²) in [5.74, 6) is 6.63. The van der Waals surface area contributed by atoms with Crippen LogP contribution in [0.1, 0.15) is 35.3 Å². The standard InChI is InChI=1S/C17H21NO2/c1-12-6-7-16(15(9-12)5-4-8-19)17(20)18-10-13(2)14(3)11-18/h6-7,9,13-14,19H,8,10-11H2,1-3H3. The monoisotopic (exact) mass is 271 g/mol. The van der Waals surface area contributed by atoms with Gasteiger partial charge in [0, 0.05) is 18.7 Å². The van der Waals surface area contributed by atoms with Crippen LogP contribution in [0.3, 0.4) is 0 Å². The maximum atomic E-state index is 12.6. The van der Waals surface area contributed by atoms with Crippen molar-refractivity contribution in [2.75, 3.05) is 19.7 Å². The SMILES string of the molecule is Cc1ccc(C(=O)N2CC(C)C(C)C2)c(C#CCO)c1. The summed E-state index contributed by atoms with van der Waals surface area (Å²) >= 11 is 0. The number of hydrogen-bond acceptors (Lipinski definition) is 2. The van der Waals surface area contributed by atoms with E-state index in [2.05, 4.69) is 25.7 Å². The molecule has 1 aliphatic rings. The minimum Gasteiger partial charge on any atom is -0.384 e. The van der Waals surface area contributed by atoms with Gasteiger partial charge in [-0.2, -0.15) is 0 Å².